The summed E-state index contributed by atoms with van der Waals surface area (Å²) < 4.78 is 4.40. The summed E-state index contributed by atoms with van der Waals surface area (Å²) >= 11 is 1.22. The molecule has 0 fully saturated rings. The molecule has 1 aromatic heterocycles. The van der Waals surface area contributed by atoms with Crippen LogP contribution in [0.25, 0.3) is 0 Å². The molecule has 0 aromatic carbocycles. The van der Waals surface area contributed by atoms with Gasteiger partial charge in [-0.1, -0.05) is 0 Å². The first-order chi connectivity index (χ1) is 6.97. The topological polar surface area (TPSA) is 75.6 Å². The number of thiophene rings is 1. The van der Waals surface area contributed by atoms with Crippen LogP contribution in [0.15, 0.2) is 0 Å². The van der Waals surface area contributed by atoms with Gasteiger partial charge in [-0.15, -0.1) is 11.3 Å². The van der Waals surface area contributed by atoms with Crippen LogP contribution < -0.4 is 5.32 Å². The number of carbonyl (C=O) groups excluding carboxylic acids is 1. The van der Waals surface area contributed by atoms with Crippen molar-refractivity contribution in [1.82, 2.24) is 0 Å². The number of rotatable bonds is 2. The first kappa shape index (κ1) is 11.5. The number of aromatic carboxylic acids is 1. The molecule has 0 aliphatic carbocycles. The average molecular weight is 229 g/mol. The van der Waals surface area contributed by atoms with Crippen LogP contribution in [0, 0.1) is 13.8 Å². The Morgan fingerprint density at radius 2 is 2.00 bits per heavy atom. The van der Waals surface area contributed by atoms with E-state index < -0.39 is 12.1 Å². The van der Waals surface area contributed by atoms with Gasteiger partial charge in [-0.05, 0) is 19.4 Å². The largest absolute Gasteiger partial charge is 0.478 e. The molecular weight excluding hydrogens is 218 g/mol. The molecule has 2 N–H and O–H groups in total. The van der Waals surface area contributed by atoms with Gasteiger partial charge in [-0.3, -0.25) is 5.32 Å². The van der Waals surface area contributed by atoms with E-state index in [-0.39, 0.29) is 5.56 Å². The maximum absolute atomic E-state index is 11.0. The highest BCUT2D eigenvalue weighted by Gasteiger charge is 2.20. The number of anilines is 1. The van der Waals surface area contributed by atoms with Crippen molar-refractivity contribution in [3.05, 3.63) is 16.0 Å². The Hall–Kier alpha value is -1.56. The summed E-state index contributed by atoms with van der Waals surface area (Å²) in [7, 11) is 1.23. The molecule has 1 amide bonds. The van der Waals surface area contributed by atoms with Gasteiger partial charge < -0.3 is 9.84 Å². The Balaban J connectivity index is 3.12. The molecule has 82 valence electrons. The molecule has 0 spiro atoms. The molecule has 0 bridgehead atoms. The highest BCUT2D eigenvalue weighted by Crippen LogP contribution is 2.32. The third-order valence-corrected chi connectivity index (χ3v) is 3.12. The molecule has 1 aromatic rings. The Morgan fingerprint density at radius 1 is 1.40 bits per heavy atom. The van der Waals surface area contributed by atoms with Crippen molar-refractivity contribution in [1.29, 1.82) is 0 Å². The van der Waals surface area contributed by atoms with Crippen LogP contribution in [0.4, 0.5) is 9.80 Å². The van der Waals surface area contributed by atoms with Crippen molar-refractivity contribution in [2.75, 3.05) is 12.4 Å². The second kappa shape index (κ2) is 4.31. The standard InChI is InChI=1S/C9H11NO4S/c1-4-5(2)15-7(6(4)8(11)12)10-9(13)14-3/h1-3H3,(H,10,13)(H,11,12). The summed E-state index contributed by atoms with van der Waals surface area (Å²) in [5.41, 5.74) is 0.793. The van der Waals surface area contributed by atoms with Crippen LogP contribution in [0.3, 0.4) is 0 Å². The Bertz CT molecular complexity index is 410. The van der Waals surface area contributed by atoms with Crippen LogP contribution in [0.2, 0.25) is 0 Å². The highest BCUT2D eigenvalue weighted by molar-refractivity contribution is 7.16. The number of carbonyl (C=O) groups is 2. The molecule has 0 saturated heterocycles. The van der Waals surface area contributed by atoms with E-state index in [9.17, 15) is 9.59 Å². The quantitative estimate of drug-likeness (QED) is 0.815. The molecule has 5 nitrogen and oxygen atoms in total. The average Bonchev–Trinajstić information content (AvgIpc) is 2.42. The molecule has 0 atom stereocenters. The highest BCUT2D eigenvalue weighted by atomic mass is 32.1. The molecule has 15 heavy (non-hydrogen) atoms. The Morgan fingerprint density at radius 3 is 2.47 bits per heavy atom. The first-order valence-corrected chi connectivity index (χ1v) is 4.97. The number of hydrogen-bond acceptors (Lipinski definition) is 4. The van der Waals surface area contributed by atoms with Gasteiger partial charge in [0, 0.05) is 4.88 Å². The van der Waals surface area contributed by atoms with Crippen LogP contribution >= 0.6 is 11.3 Å². The van der Waals surface area contributed by atoms with E-state index in [4.69, 9.17) is 5.11 Å². The maximum Gasteiger partial charge on any atom is 0.411 e. The third kappa shape index (κ3) is 2.27. The van der Waals surface area contributed by atoms with E-state index in [1.54, 1.807) is 13.8 Å². The van der Waals surface area contributed by atoms with E-state index in [2.05, 4.69) is 10.1 Å². The number of nitrogens with one attached hydrogen (secondary N) is 1. The number of aryl methyl sites for hydroxylation is 1. The van der Waals surface area contributed by atoms with Gasteiger partial charge in [0.15, 0.2) is 0 Å². The summed E-state index contributed by atoms with van der Waals surface area (Å²) in [6.45, 7) is 3.51. The molecule has 0 unspecified atom stereocenters. The fraction of sp³-hybridized carbons (Fsp3) is 0.333. The predicted molar refractivity (Wildman–Crippen MR) is 56.8 cm³/mol. The van der Waals surface area contributed by atoms with E-state index in [1.807, 2.05) is 0 Å². The minimum Gasteiger partial charge on any atom is -0.478 e. The van der Waals surface area contributed by atoms with Gasteiger partial charge in [0.05, 0.1) is 12.7 Å². The van der Waals surface area contributed by atoms with Gasteiger partial charge in [0.2, 0.25) is 0 Å². The van der Waals surface area contributed by atoms with Crippen molar-refractivity contribution >= 4 is 28.4 Å². The lowest BCUT2D eigenvalue weighted by Gasteiger charge is -2.02. The lowest BCUT2D eigenvalue weighted by molar-refractivity contribution is 0.0697. The Labute approximate surface area is 90.7 Å². The number of methoxy groups -OCH3 is 1. The molecule has 1 rings (SSSR count). The minimum atomic E-state index is -1.05. The minimum absolute atomic E-state index is 0.128. The smallest absolute Gasteiger partial charge is 0.411 e. The summed E-state index contributed by atoms with van der Waals surface area (Å²) in [6.07, 6.45) is -0.668. The van der Waals surface area contributed by atoms with Crippen LogP contribution in [0.5, 0.6) is 0 Å². The first-order valence-electron chi connectivity index (χ1n) is 4.15. The lowest BCUT2D eigenvalue weighted by atomic mass is 10.1. The maximum atomic E-state index is 11.0. The number of hydrogen-bond donors (Lipinski definition) is 2. The van der Waals surface area contributed by atoms with Crippen molar-refractivity contribution in [2.24, 2.45) is 0 Å². The lowest BCUT2D eigenvalue weighted by Crippen LogP contribution is -2.12. The molecule has 0 aliphatic rings. The van der Waals surface area contributed by atoms with Gasteiger partial charge in [-0.25, -0.2) is 9.59 Å². The van der Waals surface area contributed by atoms with E-state index in [0.29, 0.717) is 10.6 Å². The summed E-state index contributed by atoms with van der Waals surface area (Å²) in [6, 6.07) is 0. The molecule has 0 saturated carbocycles. The van der Waals surface area contributed by atoms with Crippen LogP contribution in [0.1, 0.15) is 20.8 Å². The Kier molecular flexibility index (Phi) is 3.31. The number of carboxylic acid groups (broad SMARTS) is 1. The number of ether oxygens (including phenoxy) is 1. The number of amides is 1. The third-order valence-electron chi connectivity index (χ3n) is 2.00. The van der Waals surface area contributed by atoms with Crippen LogP contribution in [-0.2, 0) is 4.74 Å². The molecule has 1 heterocycles. The summed E-state index contributed by atoms with van der Waals surface area (Å²) in [4.78, 5) is 22.8. The normalized spacial score (nSPS) is 9.80. The second-order valence-corrected chi connectivity index (χ2v) is 4.13. The molecule has 0 aliphatic heterocycles. The van der Waals surface area contributed by atoms with E-state index in [1.165, 1.54) is 18.4 Å². The van der Waals surface area contributed by atoms with Gasteiger partial charge in [-0.2, -0.15) is 0 Å². The zero-order chi connectivity index (χ0) is 11.6. The zero-order valence-electron chi connectivity index (χ0n) is 8.58. The number of carboxylic acids is 1. The van der Waals surface area contributed by atoms with Crippen molar-refractivity contribution in [2.45, 2.75) is 13.8 Å². The monoisotopic (exact) mass is 229 g/mol. The summed E-state index contributed by atoms with van der Waals surface area (Å²) in [5.74, 6) is -1.05. The van der Waals surface area contributed by atoms with Crippen molar-refractivity contribution < 1.29 is 19.4 Å². The predicted octanol–water partition coefficient (Wildman–Crippen LogP) is 2.24. The van der Waals surface area contributed by atoms with Crippen molar-refractivity contribution in [3.8, 4) is 0 Å². The van der Waals surface area contributed by atoms with Gasteiger partial charge in [0.25, 0.3) is 0 Å². The second-order valence-electron chi connectivity index (χ2n) is 2.91. The zero-order valence-corrected chi connectivity index (χ0v) is 9.40. The van der Waals surface area contributed by atoms with Crippen LogP contribution in [-0.4, -0.2) is 24.3 Å². The van der Waals surface area contributed by atoms with Crippen molar-refractivity contribution in [3.63, 3.8) is 0 Å². The van der Waals surface area contributed by atoms with Gasteiger partial charge >= 0.3 is 12.1 Å². The molecular formula is C9H11NO4S. The SMILES string of the molecule is COC(=O)Nc1sc(C)c(C)c1C(=O)O. The molecule has 0 radical (unpaired) electrons. The van der Waals surface area contributed by atoms with Gasteiger partial charge in [0.1, 0.15) is 5.00 Å². The fourth-order valence-corrected chi connectivity index (χ4v) is 2.15. The van der Waals surface area contributed by atoms with E-state index >= 15 is 0 Å². The fourth-order valence-electron chi connectivity index (χ4n) is 1.12. The van der Waals surface area contributed by atoms with E-state index in [0.717, 1.165) is 4.88 Å². The molecule has 6 heteroatoms. The summed E-state index contributed by atoms with van der Waals surface area (Å²) in [5, 5.41) is 11.6.